The number of carbonyl (C=O) groups excluding carboxylic acids is 1. The number of amides is 1. The SMILES string of the molecule is CC(C)(C)[C@H](N)C(=O)NC(CCC(=O)O)c1ccccc1. The Kier molecular flexibility index (Phi) is 5.90. The van der Waals surface area contributed by atoms with Crippen molar-refractivity contribution in [3.05, 3.63) is 35.9 Å². The average molecular weight is 292 g/mol. The second-order valence-corrected chi connectivity index (χ2v) is 6.25. The molecule has 0 saturated carbocycles. The monoisotopic (exact) mass is 292 g/mol. The lowest BCUT2D eigenvalue weighted by Crippen LogP contribution is -2.49. The van der Waals surface area contributed by atoms with E-state index in [0.29, 0.717) is 6.42 Å². The lowest BCUT2D eigenvalue weighted by Gasteiger charge is -2.28. The smallest absolute Gasteiger partial charge is 0.303 e. The van der Waals surface area contributed by atoms with Crippen LogP contribution in [0, 0.1) is 5.41 Å². The highest BCUT2D eigenvalue weighted by atomic mass is 16.4. The molecule has 0 aliphatic carbocycles. The number of benzene rings is 1. The van der Waals surface area contributed by atoms with E-state index in [1.54, 1.807) is 0 Å². The van der Waals surface area contributed by atoms with E-state index in [2.05, 4.69) is 5.32 Å². The van der Waals surface area contributed by atoms with E-state index in [1.165, 1.54) is 0 Å². The highest BCUT2D eigenvalue weighted by molar-refractivity contribution is 5.82. The molecule has 1 unspecified atom stereocenters. The fourth-order valence-corrected chi connectivity index (χ4v) is 1.93. The van der Waals surface area contributed by atoms with Crippen LogP contribution in [0.2, 0.25) is 0 Å². The van der Waals surface area contributed by atoms with Crippen molar-refractivity contribution in [1.82, 2.24) is 5.32 Å². The van der Waals surface area contributed by atoms with Crippen LogP contribution in [0.25, 0.3) is 0 Å². The zero-order valence-corrected chi connectivity index (χ0v) is 12.8. The van der Waals surface area contributed by atoms with Gasteiger partial charge in [0.15, 0.2) is 0 Å². The summed E-state index contributed by atoms with van der Waals surface area (Å²) in [6.07, 6.45) is 0.326. The standard InChI is InChI=1S/C16H24N2O3/c1-16(2,3)14(17)15(21)18-12(9-10-13(19)20)11-7-5-4-6-8-11/h4-8,12,14H,9-10,17H2,1-3H3,(H,18,21)(H,19,20)/t12?,14-/m1/s1. The quantitative estimate of drug-likeness (QED) is 0.748. The number of hydrogen-bond acceptors (Lipinski definition) is 3. The maximum Gasteiger partial charge on any atom is 0.303 e. The number of aliphatic carboxylic acids is 1. The Labute approximate surface area is 125 Å². The number of nitrogens with two attached hydrogens (primary N) is 1. The first-order valence-corrected chi connectivity index (χ1v) is 7.04. The third-order valence-corrected chi connectivity index (χ3v) is 3.38. The molecule has 5 heteroatoms. The zero-order chi connectivity index (χ0) is 16.0. The Bertz CT molecular complexity index is 480. The predicted molar refractivity (Wildman–Crippen MR) is 81.6 cm³/mol. The molecule has 21 heavy (non-hydrogen) atoms. The Balaban J connectivity index is 2.83. The van der Waals surface area contributed by atoms with Crippen molar-refractivity contribution in [2.75, 3.05) is 0 Å². The summed E-state index contributed by atoms with van der Waals surface area (Å²) in [5.41, 5.74) is 6.48. The summed E-state index contributed by atoms with van der Waals surface area (Å²) in [5.74, 6) is -1.15. The van der Waals surface area contributed by atoms with Crippen LogP contribution in [-0.2, 0) is 9.59 Å². The molecule has 0 spiro atoms. The molecule has 0 bridgehead atoms. The van der Waals surface area contributed by atoms with Gasteiger partial charge < -0.3 is 16.2 Å². The van der Waals surface area contributed by atoms with Crippen LogP contribution in [0.4, 0.5) is 0 Å². The van der Waals surface area contributed by atoms with Gasteiger partial charge >= 0.3 is 5.97 Å². The molecular weight excluding hydrogens is 268 g/mol. The van der Waals surface area contributed by atoms with E-state index in [0.717, 1.165) is 5.56 Å². The van der Waals surface area contributed by atoms with Crippen LogP contribution >= 0.6 is 0 Å². The molecule has 1 rings (SSSR count). The molecule has 5 nitrogen and oxygen atoms in total. The molecule has 1 aromatic rings. The van der Waals surface area contributed by atoms with Crippen LogP contribution < -0.4 is 11.1 Å². The van der Waals surface area contributed by atoms with E-state index in [-0.39, 0.29) is 23.8 Å². The highest BCUT2D eigenvalue weighted by Crippen LogP contribution is 2.21. The molecule has 2 atom stereocenters. The van der Waals surface area contributed by atoms with Crippen molar-refractivity contribution in [3.8, 4) is 0 Å². The molecule has 0 aliphatic heterocycles. The molecule has 0 fully saturated rings. The Morgan fingerprint density at radius 2 is 1.81 bits per heavy atom. The van der Waals surface area contributed by atoms with Crippen LogP contribution in [-0.4, -0.2) is 23.0 Å². The highest BCUT2D eigenvalue weighted by Gasteiger charge is 2.29. The first-order chi connectivity index (χ1) is 9.71. The number of nitrogens with one attached hydrogen (secondary N) is 1. The third kappa shape index (κ3) is 5.55. The van der Waals surface area contributed by atoms with Gasteiger partial charge in [-0.3, -0.25) is 9.59 Å². The Morgan fingerprint density at radius 3 is 2.29 bits per heavy atom. The summed E-state index contributed by atoms with van der Waals surface area (Å²) in [6, 6.07) is 8.35. The van der Waals surface area contributed by atoms with E-state index < -0.39 is 12.0 Å². The molecule has 0 aromatic heterocycles. The fraction of sp³-hybridized carbons (Fsp3) is 0.500. The second-order valence-electron chi connectivity index (χ2n) is 6.25. The van der Waals surface area contributed by atoms with Gasteiger partial charge in [0.25, 0.3) is 0 Å². The second kappa shape index (κ2) is 7.22. The van der Waals surface area contributed by atoms with E-state index in [9.17, 15) is 9.59 Å². The van der Waals surface area contributed by atoms with Crippen LogP contribution in [0.1, 0.15) is 45.2 Å². The van der Waals surface area contributed by atoms with Crippen molar-refractivity contribution in [2.24, 2.45) is 11.1 Å². The summed E-state index contributed by atoms with van der Waals surface area (Å²) in [5, 5.41) is 11.7. The van der Waals surface area contributed by atoms with Crippen LogP contribution in [0.15, 0.2) is 30.3 Å². The molecule has 0 heterocycles. The first kappa shape index (κ1) is 17.2. The molecule has 0 aliphatic rings. The lowest BCUT2D eigenvalue weighted by molar-refractivity contribution is -0.137. The van der Waals surface area contributed by atoms with E-state index in [1.807, 2.05) is 51.1 Å². The Morgan fingerprint density at radius 1 is 1.24 bits per heavy atom. The van der Waals surface area contributed by atoms with Crippen molar-refractivity contribution < 1.29 is 14.7 Å². The predicted octanol–water partition coefficient (Wildman–Crippen LogP) is 2.08. The van der Waals surface area contributed by atoms with Gasteiger partial charge in [-0.05, 0) is 17.4 Å². The molecular formula is C16H24N2O3. The minimum atomic E-state index is -0.884. The number of carbonyl (C=O) groups is 2. The fourth-order valence-electron chi connectivity index (χ4n) is 1.93. The first-order valence-electron chi connectivity index (χ1n) is 7.04. The molecule has 116 valence electrons. The normalized spacial score (nSPS) is 14.3. The van der Waals surface area contributed by atoms with Gasteiger partial charge in [-0.25, -0.2) is 0 Å². The van der Waals surface area contributed by atoms with Crippen molar-refractivity contribution in [1.29, 1.82) is 0 Å². The summed E-state index contributed by atoms with van der Waals surface area (Å²) in [6.45, 7) is 5.68. The van der Waals surface area contributed by atoms with Gasteiger partial charge in [0, 0.05) is 6.42 Å². The summed E-state index contributed by atoms with van der Waals surface area (Å²) in [4.78, 5) is 23.0. The number of rotatable bonds is 6. The summed E-state index contributed by atoms with van der Waals surface area (Å²) in [7, 11) is 0. The van der Waals surface area contributed by atoms with Gasteiger partial charge in [-0.1, -0.05) is 51.1 Å². The van der Waals surface area contributed by atoms with E-state index in [4.69, 9.17) is 10.8 Å². The lowest BCUT2D eigenvalue weighted by atomic mass is 9.86. The summed E-state index contributed by atoms with van der Waals surface area (Å²) >= 11 is 0. The van der Waals surface area contributed by atoms with Gasteiger partial charge in [0.05, 0.1) is 12.1 Å². The topological polar surface area (TPSA) is 92.4 Å². The molecule has 1 aromatic carbocycles. The average Bonchev–Trinajstić information content (AvgIpc) is 2.42. The maximum atomic E-state index is 12.2. The molecule has 0 radical (unpaired) electrons. The Hall–Kier alpha value is -1.88. The van der Waals surface area contributed by atoms with Crippen molar-refractivity contribution in [2.45, 2.75) is 45.7 Å². The third-order valence-electron chi connectivity index (χ3n) is 3.38. The van der Waals surface area contributed by atoms with Crippen molar-refractivity contribution >= 4 is 11.9 Å². The van der Waals surface area contributed by atoms with Gasteiger partial charge in [-0.15, -0.1) is 0 Å². The number of carboxylic acids is 1. The number of hydrogen-bond donors (Lipinski definition) is 3. The molecule has 1 amide bonds. The number of carboxylic acid groups (broad SMARTS) is 1. The van der Waals surface area contributed by atoms with Gasteiger partial charge in [-0.2, -0.15) is 0 Å². The minimum Gasteiger partial charge on any atom is -0.481 e. The van der Waals surface area contributed by atoms with Gasteiger partial charge in [0.2, 0.25) is 5.91 Å². The van der Waals surface area contributed by atoms with Crippen LogP contribution in [0.5, 0.6) is 0 Å². The minimum absolute atomic E-state index is 0.00933. The zero-order valence-electron chi connectivity index (χ0n) is 12.8. The van der Waals surface area contributed by atoms with Crippen LogP contribution in [0.3, 0.4) is 0 Å². The van der Waals surface area contributed by atoms with Gasteiger partial charge in [0.1, 0.15) is 0 Å². The molecule has 0 saturated heterocycles. The van der Waals surface area contributed by atoms with Crippen molar-refractivity contribution in [3.63, 3.8) is 0 Å². The molecule has 4 N–H and O–H groups in total. The summed E-state index contributed by atoms with van der Waals surface area (Å²) < 4.78 is 0. The maximum absolute atomic E-state index is 12.2. The largest absolute Gasteiger partial charge is 0.481 e. The van der Waals surface area contributed by atoms with E-state index >= 15 is 0 Å².